The van der Waals surface area contributed by atoms with E-state index in [1.54, 1.807) is 11.3 Å². The minimum atomic E-state index is 1.02. The highest BCUT2D eigenvalue weighted by molar-refractivity contribution is 7.16. The van der Waals surface area contributed by atoms with Gasteiger partial charge in [-0.15, -0.1) is 11.3 Å². The number of hydrogen-bond acceptors (Lipinski definition) is 2. The maximum atomic E-state index is 3.44. The summed E-state index contributed by atoms with van der Waals surface area (Å²) in [5, 5.41) is 6.53. The van der Waals surface area contributed by atoms with E-state index >= 15 is 0 Å². The average molecular weight is 177 g/mol. The van der Waals surface area contributed by atoms with Crippen molar-refractivity contribution in [2.75, 3.05) is 6.54 Å². The number of nitrogens with one attached hydrogen (secondary N) is 2. The van der Waals surface area contributed by atoms with Crippen LogP contribution >= 0.6 is 11.3 Å². The van der Waals surface area contributed by atoms with Gasteiger partial charge >= 0.3 is 0 Å². The smallest absolute Gasteiger partial charge is 0.0575 e. The van der Waals surface area contributed by atoms with E-state index in [-0.39, 0.29) is 0 Å². The van der Waals surface area contributed by atoms with Crippen LogP contribution in [0.15, 0.2) is 6.07 Å². The molecule has 2 nitrogen and oxygen atoms in total. The fraction of sp³-hybridized carbons (Fsp3) is 0.333. The van der Waals surface area contributed by atoms with Crippen LogP contribution in [0.1, 0.15) is 11.3 Å². The van der Waals surface area contributed by atoms with Crippen LogP contribution in [0.4, 0.5) is 0 Å². The highest BCUT2D eigenvalue weighted by Crippen LogP contribution is 2.28. The van der Waals surface area contributed by atoms with E-state index in [1.165, 1.54) is 21.5 Å². The monoisotopic (exact) mass is 177 g/mol. The minimum Gasteiger partial charge on any atom is -0.357 e. The first-order chi connectivity index (χ1) is 5.95. The Morgan fingerprint density at radius 2 is 2.50 bits per heavy atom. The van der Waals surface area contributed by atoms with Crippen molar-refractivity contribution in [2.45, 2.75) is 13.0 Å². The zero-order valence-corrected chi connectivity index (χ0v) is 7.42. The van der Waals surface area contributed by atoms with E-state index in [4.69, 9.17) is 0 Å². The lowest BCUT2D eigenvalue weighted by Crippen LogP contribution is -2.22. The molecular formula is C9H9N2S. The molecule has 2 N–H and O–H groups in total. The van der Waals surface area contributed by atoms with E-state index in [0.29, 0.717) is 0 Å². The fourth-order valence-corrected chi connectivity index (χ4v) is 2.62. The lowest BCUT2D eigenvalue weighted by Gasteiger charge is -2.11. The number of aromatic amines is 1. The summed E-state index contributed by atoms with van der Waals surface area (Å²) >= 11 is 1.71. The summed E-state index contributed by atoms with van der Waals surface area (Å²) in [5.41, 5.74) is 4.14. The van der Waals surface area contributed by atoms with E-state index in [1.807, 2.05) is 6.07 Å². The van der Waals surface area contributed by atoms with Crippen LogP contribution in [-0.2, 0) is 13.0 Å². The van der Waals surface area contributed by atoms with Crippen molar-refractivity contribution in [1.82, 2.24) is 10.3 Å². The van der Waals surface area contributed by atoms with Gasteiger partial charge in [-0.25, -0.2) is 0 Å². The Morgan fingerprint density at radius 1 is 1.50 bits per heavy atom. The highest BCUT2D eigenvalue weighted by atomic mass is 32.1. The molecule has 0 atom stereocenters. The van der Waals surface area contributed by atoms with Gasteiger partial charge in [0.1, 0.15) is 0 Å². The number of H-pyrrole nitrogens is 1. The SMILES string of the molecule is [c]1cc2[nH]c3c(c2s1)CNCC3. The van der Waals surface area contributed by atoms with Gasteiger partial charge in [-0.3, -0.25) is 0 Å². The molecule has 1 radical (unpaired) electrons. The third-order valence-electron chi connectivity index (χ3n) is 2.39. The lowest BCUT2D eigenvalue weighted by atomic mass is 10.1. The predicted octanol–water partition coefficient (Wildman–Crippen LogP) is 1.68. The molecular weight excluding hydrogens is 168 g/mol. The zero-order chi connectivity index (χ0) is 7.97. The van der Waals surface area contributed by atoms with Crippen LogP contribution in [-0.4, -0.2) is 11.5 Å². The molecule has 0 spiro atoms. The Labute approximate surface area is 74.6 Å². The van der Waals surface area contributed by atoms with Crippen molar-refractivity contribution >= 4 is 21.6 Å². The highest BCUT2D eigenvalue weighted by Gasteiger charge is 2.14. The maximum absolute atomic E-state index is 3.44. The molecule has 3 rings (SSSR count). The molecule has 0 saturated heterocycles. The Morgan fingerprint density at radius 3 is 3.50 bits per heavy atom. The van der Waals surface area contributed by atoms with Crippen LogP contribution in [0, 0.1) is 5.38 Å². The second-order valence-electron chi connectivity index (χ2n) is 3.12. The number of thiophene rings is 1. The second kappa shape index (κ2) is 2.34. The van der Waals surface area contributed by atoms with Crippen LogP contribution < -0.4 is 5.32 Å². The van der Waals surface area contributed by atoms with Gasteiger partial charge in [-0.1, -0.05) is 0 Å². The maximum Gasteiger partial charge on any atom is 0.0575 e. The normalized spacial score (nSPS) is 16.7. The van der Waals surface area contributed by atoms with Crippen molar-refractivity contribution in [2.24, 2.45) is 0 Å². The van der Waals surface area contributed by atoms with Crippen molar-refractivity contribution in [3.05, 3.63) is 22.7 Å². The van der Waals surface area contributed by atoms with Crippen molar-refractivity contribution in [1.29, 1.82) is 0 Å². The van der Waals surface area contributed by atoms with Gasteiger partial charge in [0.15, 0.2) is 0 Å². The molecule has 12 heavy (non-hydrogen) atoms. The summed E-state index contributed by atoms with van der Waals surface area (Å²) < 4.78 is 1.39. The molecule has 0 unspecified atom stereocenters. The predicted molar refractivity (Wildman–Crippen MR) is 50.4 cm³/mol. The Hall–Kier alpha value is -0.800. The third kappa shape index (κ3) is 0.778. The van der Waals surface area contributed by atoms with Crippen LogP contribution in [0.5, 0.6) is 0 Å². The van der Waals surface area contributed by atoms with Crippen LogP contribution in [0.25, 0.3) is 10.2 Å². The molecule has 2 aromatic rings. The van der Waals surface area contributed by atoms with Gasteiger partial charge in [-0.05, 0) is 6.07 Å². The molecule has 3 heterocycles. The van der Waals surface area contributed by atoms with E-state index in [9.17, 15) is 0 Å². The van der Waals surface area contributed by atoms with Gasteiger partial charge in [0.05, 0.1) is 10.2 Å². The lowest BCUT2D eigenvalue weighted by molar-refractivity contribution is 0.641. The molecule has 0 fully saturated rings. The standard InChI is InChI=1S/C9H9N2S/c1-3-10-5-6-7(1)11-8-2-4-12-9(6)8/h2,10-11H,1,3,5H2. The molecule has 0 aromatic carbocycles. The fourth-order valence-electron chi connectivity index (χ4n) is 1.79. The molecule has 0 amide bonds. The van der Waals surface area contributed by atoms with Gasteiger partial charge < -0.3 is 10.3 Å². The first-order valence-corrected chi connectivity index (χ1v) is 4.97. The van der Waals surface area contributed by atoms with Crippen molar-refractivity contribution in [3.8, 4) is 0 Å². The topological polar surface area (TPSA) is 27.8 Å². The number of fused-ring (bicyclic) bond motifs is 3. The summed E-state index contributed by atoms with van der Waals surface area (Å²) in [5.74, 6) is 0. The average Bonchev–Trinajstić information content (AvgIpc) is 2.62. The van der Waals surface area contributed by atoms with E-state index in [2.05, 4.69) is 15.7 Å². The first kappa shape index (κ1) is 6.69. The van der Waals surface area contributed by atoms with E-state index in [0.717, 1.165) is 19.5 Å². The summed E-state index contributed by atoms with van der Waals surface area (Å²) in [4.78, 5) is 3.44. The molecule has 2 aromatic heterocycles. The largest absolute Gasteiger partial charge is 0.357 e. The van der Waals surface area contributed by atoms with Gasteiger partial charge in [0.2, 0.25) is 0 Å². The Balaban J connectivity index is 2.34. The number of aromatic nitrogens is 1. The molecule has 0 bridgehead atoms. The van der Waals surface area contributed by atoms with E-state index < -0.39 is 0 Å². The number of rotatable bonds is 0. The number of hydrogen-bond donors (Lipinski definition) is 2. The summed E-state index contributed by atoms with van der Waals surface area (Å²) in [7, 11) is 0. The molecule has 1 aliphatic heterocycles. The van der Waals surface area contributed by atoms with Crippen molar-refractivity contribution in [3.63, 3.8) is 0 Å². The molecule has 1 aliphatic rings. The summed E-state index contributed by atoms with van der Waals surface area (Å²) in [6.45, 7) is 2.12. The van der Waals surface area contributed by atoms with Crippen molar-refractivity contribution < 1.29 is 0 Å². The summed E-state index contributed by atoms with van der Waals surface area (Å²) in [6, 6.07) is 2.04. The Bertz CT molecular complexity index is 413. The first-order valence-electron chi connectivity index (χ1n) is 4.15. The second-order valence-corrected chi connectivity index (χ2v) is 3.96. The van der Waals surface area contributed by atoms with Gasteiger partial charge in [-0.2, -0.15) is 0 Å². The third-order valence-corrected chi connectivity index (χ3v) is 3.29. The molecule has 3 heteroatoms. The molecule has 61 valence electrons. The van der Waals surface area contributed by atoms with Crippen LogP contribution in [0.2, 0.25) is 0 Å². The van der Waals surface area contributed by atoms with Crippen LogP contribution in [0.3, 0.4) is 0 Å². The molecule has 0 aliphatic carbocycles. The van der Waals surface area contributed by atoms with Gasteiger partial charge in [0, 0.05) is 36.1 Å². The quantitative estimate of drug-likeness (QED) is 0.629. The van der Waals surface area contributed by atoms with Gasteiger partial charge in [0.25, 0.3) is 0 Å². The minimum absolute atomic E-state index is 1.02. The summed E-state index contributed by atoms with van der Waals surface area (Å²) in [6.07, 6.45) is 1.14. The zero-order valence-electron chi connectivity index (χ0n) is 6.61. The Kier molecular flexibility index (Phi) is 1.31. The molecule has 0 saturated carbocycles.